The molecular formula is C11H6Br2N2O2S2. The molecule has 0 fully saturated rings. The number of anilines is 1. The van der Waals surface area contributed by atoms with Crippen molar-refractivity contribution in [2.24, 2.45) is 0 Å². The maximum absolute atomic E-state index is 12.1. The molecular weight excluding hydrogens is 416 g/mol. The number of nitriles is 1. The molecule has 0 aliphatic carbocycles. The van der Waals surface area contributed by atoms with Crippen molar-refractivity contribution < 1.29 is 8.42 Å². The lowest BCUT2D eigenvalue weighted by Gasteiger charge is -2.05. The summed E-state index contributed by atoms with van der Waals surface area (Å²) >= 11 is 7.62. The topological polar surface area (TPSA) is 70.0 Å². The molecule has 0 radical (unpaired) electrons. The van der Waals surface area contributed by atoms with Gasteiger partial charge >= 0.3 is 0 Å². The smallest absolute Gasteiger partial charge is 0.271 e. The molecule has 0 aliphatic rings. The molecule has 2 aromatic rings. The molecule has 8 heteroatoms. The fraction of sp³-hybridized carbons (Fsp3) is 0. The van der Waals surface area contributed by atoms with Crippen LogP contribution < -0.4 is 4.72 Å². The second-order valence-corrected chi connectivity index (χ2v) is 8.62. The van der Waals surface area contributed by atoms with Crippen molar-refractivity contribution in [3.8, 4) is 6.07 Å². The zero-order chi connectivity index (χ0) is 14.0. The Balaban J connectivity index is 2.28. The Labute approximate surface area is 131 Å². The van der Waals surface area contributed by atoms with E-state index in [1.54, 1.807) is 24.3 Å². The summed E-state index contributed by atoms with van der Waals surface area (Å²) in [7, 11) is -3.61. The van der Waals surface area contributed by atoms with Crippen molar-refractivity contribution in [1.82, 2.24) is 0 Å². The third-order valence-corrected chi connectivity index (χ3v) is 7.26. The maximum Gasteiger partial charge on any atom is 0.271 e. The molecule has 1 heterocycles. The number of rotatable bonds is 3. The minimum Gasteiger partial charge on any atom is -0.279 e. The monoisotopic (exact) mass is 420 g/mol. The minimum absolute atomic E-state index is 0.204. The van der Waals surface area contributed by atoms with Gasteiger partial charge in [0, 0.05) is 10.2 Å². The van der Waals surface area contributed by atoms with Gasteiger partial charge in [-0.25, -0.2) is 8.42 Å². The number of sulfonamides is 1. The zero-order valence-electron chi connectivity index (χ0n) is 9.22. The predicted octanol–water partition coefficient (Wildman–Crippen LogP) is 3.95. The fourth-order valence-corrected chi connectivity index (χ4v) is 5.15. The van der Waals surface area contributed by atoms with E-state index in [0.29, 0.717) is 19.5 Å². The van der Waals surface area contributed by atoms with Crippen molar-refractivity contribution in [3.63, 3.8) is 0 Å². The summed E-state index contributed by atoms with van der Waals surface area (Å²) in [5.41, 5.74) is 0.893. The van der Waals surface area contributed by atoms with E-state index in [2.05, 4.69) is 36.6 Å². The summed E-state index contributed by atoms with van der Waals surface area (Å²) in [6, 6.07) is 9.71. The lowest BCUT2D eigenvalue weighted by atomic mass is 10.2. The van der Waals surface area contributed by atoms with Gasteiger partial charge in [0.25, 0.3) is 10.0 Å². The molecule has 0 unspecified atom stereocenters. The van der Waals surface area contributed by atoms with Crippen LogP contribution >= 0.6 is 43.2 Å². The summed E-state index contributed by atoms with van der Waals surface area (Å²) in [6.07, 6.45) is 0. The lowest BCUT2D eigenvalue weighted by Crippen LogP contribution is -2.11. The SMILES string of the molecule is N#Cc1ccc(NS(=O)(=O)c2cc(Br)c(Br)s2)cc1. The normalized spacial score (nSPS) is 11.0. The van der Waals surface area contributed by atoms with Gasteiger partial charge in [0.1, 0.15) is 4.21 Å². The summed E-state index contributed by atoms with van der Waals surface area (Å²) in [4.78, 5) is 0. The van der Waals surface area contributed by atoms with E-state index >= 15 is 0 Å². The molecule has 4 nitrogen and oxygen atoms in total. The van der Waals surface area contributed by atoms with Crippen LogP contribution in [0.2, 0.25) is 0 Å². The van der Waals surface area contributed by atoms with Crippen molar-refractivity contribution in [2.45, 2.75) is 4.21 Å². The van der Waals surface area contributed by atoms with E-state index in [9.17, 15) is 8.42 Å². The molecule has 0 aliphatic heterocycles. The van der Waals surface area contributed by atoms with E-state index < -0.39 is 10.0 Å². The van der Waals surface area contributed by atoms with Crippen LogP contribution in [-0.4, -0.2) is 8.42 Å². The average Bonchev–Trinajstić information content (AvgIpc) is 2.71. The average molecular weight is 422 g/mol. The first kappa shape index (κ1) is 14.5. The molecule has 0 saturated carbocycles. The number of benzene rings is 1. The molecule has 98 valence electrons. The highest BCUT2D eigenvalue weighted by atomic mass is 79.9. The van der Waals surface area contributed by atoms with Crippen LogP contribution in [-0.2, 0) is 10.0 Å². The van der Waals surface area contributed by atoms with E-state index in [0.717, 1.165) is 11.3 Å². The van der Waals surface area contributed by atoms with E-state index in [1.165, 1.54) is 6.07 Å². The second kappa shape index (κ2) is 5.63. The highest BCUT2D eigenvalue weighted by molar-refractivity contribution is 9.13. The molecule has 0 bridgehead atoms. The van der Waals surface area contributed by atoms with Crippen LogP contribution in [0.4, 0.5) is 5.69 Å². The molecule has 1 aromatic heterocycles. The van der Waals surface area contributed by atoms with Crippen molar-refractivity contribution >= 4 is 58.9 Å². The quantitative estimate of drug-likeness (QED) is 0.815. The Morgan fingerprint density at radius 3 is 2.32 bits per heavy atom. The molecule has 2 rings (SSSR count). The van der Waals surface area contributed by atoms with Crippen LogP contribution in [0.3, 0.4) is 0 Å². The van der Waals surface area contributed by atoms with Crippen molar-refractivity contribution in [1.29, 1.82) is 5.26 Å². The van der Waals surface area contributed by atoms with Gasteiger partial charge in [-0.3, -0.25) is 4.72 Å². The first-order chi connectivity index (χ1) is 8.92. The molecule has 0 spiro atoms. The number of halogens is 2. The van der Waals surface area contributed by atoms with Gasteiger partial charge in [-0.2, -0.15) is 5.26 Å². The third kappa shape index (κ3) is 3.36. The number of hydrogen-bond acceptors (Lipinski definition) is 4. The van der Waals surface area contributed by atoms with Crippen molar-refractivity contribution in [3.05, 3.63) is 44.2 Å². The first-order valence-electron chi connectivity index (χ1n) is 4.90. The van der Waals surface area contributed by atoms with Gasteiger partial charge in [-0.05, 0) is 62.2 Å². The summed E-state index contributed by atoms with van der Waals surface area (Å²) < 4.78 is 28.3. The van der Waals surface area contributed by atoms with Gasteiger partial charge < -0.3 is 0 Å². The maximum atomic E-state index is 12.1. The minimum atomic E-state index is -3.61. The Morgan fingerprint density at radius 1 is 1.21 bits per heavy atom. The molecule has 0 atom stereocenters. The second-order valence-electron chi connectivity index (χ2n) is 3.48. The zero-order valence-corrected chi connectivity index (χ0v) is 14.0. The molecule has 19 heavy (non-hydrogen) atoms. The number of nitrogens with one attached hydrogen (secondary N) is 1. The summed E-state index contributed by atoms with van der Waals surface area (Å²) in [5.74, 6) is 0. The first-order valence-corrected chi connectivity index (χ1v) is 8.79. The summed E-state index contributed by atoms with van der Waals surface area (Å²) in [6.45, 7) is 0. The van der Waals surface area contributed by atoms with Gasteiger partial charge in [0.15, 0.2) is 0 Å². The standard InChI is InChI=1S/C11H6Br2N2O2S2/c12-9-5-10(18-11(9)13)19(16,17)15-8-3-1-7(6-14)2-4-8/h1-5,15H. The lowest BCUT2D eigenvalue weighted by molar-refractivity contribution is 0.603. The molecule has 1 N–H and O–H groups in total. The summed E-state index contributed by atoms with van der Waals surface area (Å²) in [5, 5.41) is 8.67. The molecule has 0 amide bonds. The predicted molar refractivity (Wildman–Crippen MR) is 81.7 cm³/mol. The van der Waals surface area contributed by atoms with Crippen molar-refractivity contribution in [2.75, 3.05) is 4.72 Å². The van der Waals surface area contributed by atoms with Crippen LogP contribution in [0.5, 0.6) is 0 Å². The van der Waals surface area contributed by atoms with Gasteiger partial charge in [0.05, 0.1) is 15.4 Å². The highest BCUT2D eigenvalue weighted by Gasteiger charge is 2.18. The Bertz CT molecular complexity index is 726. The Morgan fingerprint density at radius 2 is 1.84 bits per heavy atom. The third-order valence-electron chi connectivity index (χ3n) is 2.15. The van der Waals surface area contributed by atoms with E-state index in [1.807, 2.05) is 6.07 Å². The molecule has 0 saturated heterocycles. The van der Waals surface area contributed by atoms with E-state index in [-0.39, 0.29) is 4.21 Å². The van der Waals surface area contributed by atoms with Crippen LogP contribution in [0.15, 0.2) is 42.8 Å². The largest absolute Gasteiger partial charge is 0.279 e. The highest BCUT2D eigenvalue weighted by Crippen LogP contribution is 2.35. The number of thiophene rings is 1. The van der Waals surface area contributed by atoms with Gasteiger partial charge in [-0.1, -0.05) is 0 Å². The fourth-order valence-electron chi connectivity index (χ4n) is 1.28. The van der Waals surface area contributed by atoms with Crippen LogP contribution in [0, 0.1) is 11.3 Å². The van der Waals surface area contributed by atoms with E-state index in [4.69, 9.17) is 5.26 Å². The number of nitrogens with zero attached hydrogens (tertiary/aromatic N) is 1. The van der Waals surface area contributed by atoms with Crippen LogP contribution in [0.25, 0.3) is 0 Å². The number of hydrogen-bond donors (Lipinski definition) is 1. The van der Waals surface area contributed by atoms with Gasteiger partial charge in [-0.15, -0.1) is 11.3 Å². The van der Waals surface area contributed by atoms with Gasteiger partial charge in [0.2, 0.25) is 0 Å². The Hall–Kier alpha value is -0.880. The Kier molecular flexibility index (Phi) is 4.30. The van der Waals surface area contributed by atoms with Crippen LogP contribution in [0.1, 0.15) is 5.56 Å². The molecule has 1 aromatic carbocycles.